The average Bonchev–Trinajstić information content (AvgIpc) is 2.59. The van der Waals surface area contributed by atoms with Gasteiger partial charge < -0.3 is 10.2 Å². The smallest absolute Gasteiger partial charge is 0.0964 e. The molecule has 0 radical (unpaired) electrons. The van der Waals surface area contributed by atoms with Crippen LogP contribution in [0.15, 0.2) is 6.20 Å². The minimum absolute atomic E-state index is 0.483. The van der Waals surface area contributed by atoms with Crippen molar-refractivity contribution in [3.63, 3.8) is 0 Å². The predicted octanol–water partition coefficient (Wildman–Crippen LogP) is 0.338. The molecule has 0 spiro atoms. The molecule has 0 aliphatic rings. The lowest BCUT2D eigenvalue weighted by atomic mass is 10.3. The van der Waals surface area contributed by atoms with E-state index in [4.69, 9.17) is 0 Å². The molecule has 15 heavy (non-hydrogen) atoms. The molecule has 0 fully saturated rings. The Bertz CT molecular complexity index is 253. The molecule has 0 saturated heterocycles. The first-order valence-corrected chi connectivity index (χ1v) is 5.35. The van der Waals surface area contributed by atoms with E-state index in [1.54, 1.807) is 0 Å². The van der Waals surface area contributed by atoms with Crippen molar-refractivity contribution in [1.82, 2.24) is 25.2 Å². The van der Waals surface area contributed by atoms with Crippen LogP contribution in [0, 0.1) is 0 Å². The Labute approximate surface area is 91.5 Å². The van der Waals surface area contributed by atoms with Gasteiger partial charge in [-0.1, -0.05) is 19.1 Å². The molecular weight excluding hydrogens is 190 g/mol. The van der Waals surface area contributed by atoms with Gasteiger partial charge in [-0.25, -0.2) is 0 Å². The van der Waals surface area contributed by atoms with Crippen LogP contribution < -0.4 is 5.32 Å². The summed E-state index contributed by atoms with van der Waals surface area (Å²) >= 11 is 0. The summed E-state index contributed by atoms with van der Waals surface area (Å²) in [6.07, 6.45) is 2.00. The molecule has 1 aromatic heterocycles. The number of nitrogens with zero attached hydrogens (tertiary/aromatic N) is 4. The van der Waals surface area contributed by atoms with E-state index in [1.165, 1.54) is 0 Å². The number of rotatable bonds is 6. The molecule has 0 amide bonds. The molecule has 0 aromatic carbocycles. The van der Waals surface area contributed by atoms with Gasteiger partial charge in [0.25, 0.3) is 0 Å². The molecule has 0 aliphatic heterocycles. The van der Waals surface area contributed by atoms with Gasteiger partial charge in [0.05, 0.1) is 12.2 Å². The minimum Gasteiger partial charge on any atom is -0.309 e. The molecular formula is C10H21N5. The van der Waals surface area contributed by atoms with Gasteiger partial charge >= 0.3 is 0 Å². The van der Waals surface area contributed by atoms with Gasteiger partial charge in [0, 0.05) is 25.3 Å². The molecule has 0 atom stereocenters. The Morgan fingerprint density at radius 2 is 2.20 bits per heavy atom. The van der Waals surface area contributed by atoms with Crippen molar-refractivity contribution in [1.29, 1.82) is 0 Å². The van der Waals surface area contributed by atoms with Crippen molar-refractivity contribution >= 4 is 0 Å². The maximum Gasteiger partial charge on any atom is 0.0964 e. The lowest BCUT2D eigenvalue weighted by Crippen LogP contribution is -2.22. The SMILES string of the molecule is CC(C)NCc1cn(CCN(C)C)nn1. The number of hydrogen-bond donors (Lipinski definition) is 1. The van der Waals surface area contributed by atoms with Crippen LogP contribution in [-0.4, -0.2) is 46.6 Å². The van der Waals surface area contributed by atoms with Crippen molar-refractivity contribution in [2.24, 2.45) is 0 Å². The van der Waals surface area contributed by atoms with Gasteiger partial charge in [0.15, 0.2) is 0 Å². The molecule has 5 heteroatoms. The third kappa shape index (κ3) is 4.90. The van der Waals surface area contributed by atoms with E-state index in [1.807, 2.05) is 10.9 Å². The van der Waals surface area contributed by atoms with E-state index in [-0.39, 0.29) is 0 Å². The summed E-state index contributed by atoms with van der Waals surface area (Å²) < 4.78 is 1.89. The van der Waals surface area contributed by atoms with Gasteiger partial charge in [0.2, 0.25) is 0 Å². The van der Waals surface area contributed by atoms with Crippen molar-refractivity contribution in [3.8, 4) is 0 Å². The average molecular weight is 211 g/mol. The molecule has 5 nitrogen and oxygen atoms in total. The summed E-state index contributed by atoms with van der Waals surface area (Å²) in [5, 5.41) is 11.5. The van der Waals surface area contributed by atoms with Crippen LogP contribution >= 0.6 is 0 Å². The first kappa shape index (κ1) is 12.1. The topological polar surface area (TPSA) is 46.0 Å². The molecule has 0 unspecified atom stereocenters. The minimum atomic E-state index is 0.483. The third-order valence-electron chi connectivity index (χ3n) is 2.05. The summed E-state index contributed by atoms with van der Waals surface area (Å²) in [6, 6.07) is 0.483. The fourth-order valence-electron chi connectivity index (χ4n) is 1.14. The first-order valence-electron chi connectivity index (χ1n) is 5.35. The van der Waals surface area contributed by atoms with Crippen molar-refractivity contribution in [2.45, 2.75) is 33.0 Å². The summed E-state index contributed by atoms with van der Waals surface area (Å²) in [5.41, 5.74) is 1.00. The van der Waals surface area contributed by atoms with Crippen LogP contribution in [0.5, 0.6) is 0 Å². The highest BCUT2D eigenvalue weighted by Crippen LogP contribution is 1.94. The Kier molecular flexibility index (Phi) is 4.71. The zero-order valence-electron chi connectivity index (χ0n) is 10.1. The summed E-state index contributed by atoms with van der Waals surface area (Å²) in [7, 11) is 4.11. The number of nitrogens with one attached hydrogen (secondary N) is 1. The number of hydrogen-bond acceptors (Lipinski definition) is 4. The Morgan fingerprint density at radius 1 is 1.47 bits per heavy atom. The molecule has 0 aliphatic carbocycles. The largest absolute Gasteiger partial charge is 0.309 e. The molecule has 86 valence electrons. The standard InChI is InChI=1S/C10H21N5/c1-9(2)11-7-10-8-15(13-12-10)6-5-14(3)4/h8-9,11H,5-7H2,1-4H3. The normalized spacial score (nSPS) is 11.6. The second kappa shape index (κ2) is 5.82. The summed E-state index contributed by atoms with van der Waals surface area (Å²) in [6.45, 7) is 6.91. The van der Waals surface area contributed by atoms with Crippen molar-refractivity contribution < 1.29 is 0 Å². The molecule has 1 aromatic rings. The van der Waals surface area contributed by atoms with Crippen LogP contribution in [0.2, 0.25) is 0 Å². The Balaban J connectivity index is 2.35. The van der Waals surface area contributed by atoms with E-state index in [0.29, 0.717) is 6.04 Å². The maximum atomic E-state index is 4.10. The lowest BCUT2D eigenvalue weighted by molar-refractivity contribution is 0.370. The van der Waals surface area contributed by atoms with E-state index >= 15 is 0 Å². The zero-order valence-corrected chi connectivity index (χ0v) is 10.1. The monoisotopic (exact) mass is 211 g/mol. The van der Waals surface area contributed by atoms with E-state index < -0.39 is 0 Å². The second-order valence-electron chi connectivity index (χ2n) is 4.31. The van der Waals surface area contributed by atoms with E-state index in [0.717, 1.165) is 25.3 Å². The van der Waals surface area contributed by atoms with Gasteiger partial charge in [-0.3, -0.25) is 4.68 Å². The van der Waals surface area contributed by atoms with Gasteiger partial charge in [-0.15, -0.1) is 5.10 Å². The zero-order chi connectivity index (χ0) is 11.3. The van der Waals surface area contributed by atoms with Crippen LogP contribution in [0.25, 0.3) is 0 Å². The summed E-state index contributed by atoms with van der Waals surface area (Å²) in [4.78, 5) is 2.13. The molecule has 0 bridgehead atoms. The quantitative estimate of drug-likeness (QED) is 0.737. The Morgan fingerprint density at radius 3 is 2.80 bits per heavy atom. The molecule has 1 heterocycles. The van der Waals surface area contributed by atoms with Crippen molar-refractivity contribution in [2.75, 3.05) is 20.6 Å². The first-order chi connectivity index (χ1) is 7.08. The van der Waals surface area contributed by atoms with Crippen LogP contribution in [0.4, 0.5) is 0 Å². The van der Waals surface area contributed by atoms with Gasteiger partial charge in [-0.2, -0.15) is 0 Å². The highest BCUT2D eigenvalue weighted by Gasteiger charge is 2.01. The summed E-state index contributed by atoms with van der Waals surface area (Å²) in [5.74, 6) is 0. The third-order valence-corrected chi connectivity index (χ3v) is 2.05. The van der Waals surface area contributed by atoms with E-state index in [9.17, 15) is 0 Å². The van der Waals surface area contributed by atoms with E-state index in [2.05, 4.69) is 48.5 Å². The molecule has 1 rings (SSSR count). The number of aromatic nitrogens is 3. The van der Waals surface area contributed by atoms with Gasteiger partial charge in [0.1, 0.15) is 0 Å². The highest BCUT2D eigenvalue weighted by molar-refractivity contribution is 4.91. The fourth-order valence-corrected chi connectivity index (χ4v) is 1.14. The van der Waals surface area contributed by atoms with Gasteiger partial charge in [-0.05, 0) is 14.1 Å². The van der Waals surface area contributed by atoms with Crippen LogP contribution in [0.1, 0.15) is 19.5 Å². The second-order valence-corrected chi connectivity index (χ2v) is 4.31. The van der Waals surface area contributed by atoms with Crippen LogP contribution in [0.3, 0.4) is 0 Å². The Hall–Kier alpha value is -0.940. The predicted molar refractivity (Wildman–Crippen MR) is 60.6 cm³/mol. The van der Waals surface area contributed by atoms with Crippen molar-refractivity contribution in [3.05, 3.63) is 11.9 Å². The molecule has 0 saturated carbocycles. The highest BCUT2D eigenvalue weighted by atomic mass is 15.4. The molecule has 1 N–H and O–H groups in total. The fraction of sp³-hybridized carbons (Fsp3) is 0.800. The number of likely N-dealkylation sites (N-methyl/N-ethyl adjacent to an activating group) is 1. The lowest BCUT2D eigenvalue weighted by Gasteiger charge is -2.08. The maximum absolute atomic E-state index is 4.10. The van der Waals surface area contributed by atoms with Crippen LogP contribution in [-0.2, 0) is 13.1 Å².